The summed E-state index contributed by atoms with van der Waals surface area (Å²) >= 11 is 0. The van der Waals surface area contributed by atoms with Crippen molar-refractivity contribution >= 4 is 61.5 Å². The molecule has 0 radical (unpaired) electrons. The Hall–Kier alpha value is -8.62. The van der Waals surface area contributed by atoms with Gasteiger partial charge < -0.3 is 45.1 Å². The highest BCUT2D eigenvalue weighted by molar-refractivity contribution is 7.92. The van der Waals surface area contributed by atoms with Gasteiger partial charge in [0.05, 0.1) is 57.5 Å². The third-order valence-electron chi connectivity index (χ3n) is 12.6. The smallest absolute Gasteiger partial charge is 0.407 e. The number of aliphatic hydroxyl groups is 1. The lowest BCUT2D eigenvalue weighted by molar-refractivity contribution is -0.107. The standard InChI is InChI=1S/C56H64N10O13S2/c1-56(2,3)79-54(69)58-27-28-60-80(72,73)49-26-24-44(45-13-10-14-47(51(45)57)64(36-68)34-41(35-67)66(55(70)71)33-37-11-8-7-9-12-37)50(53-61-46-29-40(30-59-63-62-53)19-25-48(46)78-6)52(49)81(74,75)65(31-38-15-20-42(76-4)21-16-38)32-39-17-22-43(77-5)23-18-39/h7-26,29,36,41,60,67H,27-28,30-35,57H2,1-6H3,(H,58,69)(H,70,71)(H,59,61,62)/t41-/m1/s1. The average Bonchev–Trinajstić information content (AvgIpc) is 3.54. The summed E-state index contributed by atoms with van der Waals surface area (Å²) < 4.78 is 88.6. The highest BCUT2D eigenvalue weighted by Crippen LogP contribution is 2.43. The first kappa shape index (κ1) is 60.0. The predicted molar refractivity (Wildman–Crippen MR) is 303 cm³/mol. The number of aliphatic hydroxyl groups excluding tert-OH is 1. The van der Waals surface area contributed by atoms with Crippen LogP contribution < -0.4 is 40.3 Å². The van der Waals surface area contributed by atoms with Crippen LogP contribution in [0.25, 0.3) is 11.1 Å². The number of fused-ring (bicyclic) bond motifs is 2. The Morgan fingerprint density at radius 2 is 1.43 bits per heavy atom. The SMILES string of the molecule is COc1ccc(CN(Cc2ccc(OC)cc2)S(=O)(=O)c2c(S(=O)(=O)NCCNC(=O)OC(C)(C)C)ccc(-c3cccc(N(C=O)C[C@H](CO)N(Cc4ccccc4)C(=O)O)c3N)c2C2=N\c3cc(ccc3OC)CN\N=N\2)cc1. The fraction of sp³-hybridized carbons (Fsp3) is 0.286. The number of nitrogens with zero attached hydrogens (tertiary/aromatic N) is 6. The number of aliphatic imine (C=N–C) groups is 1. The van der Waals surface area contributed by atoms with Crippen molar-refractivity contribution in [3.63, 3.8) is 0 Å². The van der Waals surface area contributed by atoms with E-state index in [0.29, 0.717) is 40.2 Å². The maximum atomic E-state index is 16.5. The number of ether oxygens (including phenoxy) is 4. The molecule has 1 heterocycles. The van der Waals surface area contributed by atoms with Gasteiger partial charge in [-0.25, -0.2) is 36.1 Å². The molecule has 0 saturated heterocycles. The number of methoxy groups -OCH3 is 3. The molecule has 1 aliphatic rings. The van der Waals surface area contributed by atoms with E-state index in [1.807, 2.05) is 0 Å². The summed E-state index contributed by atoms with van der Waals surface area (Å²) in [5.74, 6) is 0.761. The van der Waals surface area contributed by atoms with Crippen LogP contribution in [0.1, 0.15) is 48.6 Å². The molecule has 3 amide bonds. The quantitative estimate of drug-likeness (QED) is 0.0198. The van der Waals surface area contributed by atoms with Gasteiger partial charge in [-0.3, -0.25) is 15.1 Å². The molecular formula is C56H64N10O13S2. The monoisotopic (exact) mass is 1150 g/mol. The molecule has 0 fully saturated rings. The van der Waals surface area contributed by atoms with Crippen LogP contribution in [0, 0.1) is 0 Å². The number of amidine groups is 1. The summed E-state index contributed by atoms with van der Waals surface area (Å²) in [6.07, 6.45) is -1.79. The van der Waals surface area contributed by atoms with E-state index >= 15 is 16.8 Å². The Bertz CT molecular complexity index is 3440. The van der Waals surface area contributed by atoms with E-state index in [1.165, 1.54) is 45.6 Å². The van der Waals surface area contributed by atoms with Gasteiger partial charge in [0.2, 0.25) is 26.5 Å². The first-order valence-electron chi connectivity index (χ1n) is 25.2. The molecule has 428 valence electrons. The van der Waals surface area contributed by atoms with E-state index in [1.54, 1.807) is 118 Å². The molecule has 2 bridgehead atoms. The van der Waals surface area contributed by atoms with Gasteiger partial charge >= 0.3 is 12.2 Å². The van der Waals surface area contributed by atoms with E-state index < -0.39 is 84.8 Å². The minimum atomic E-state index is -5.21. The second kappa shape index (κ2) is 26.6. The van der Waals surface area contributed by atoms with Gasteiger partial charge in [0.1, 0.15) is 38.3 Å². The zero-order valence-corrected chi connectivity index (χ0v) is 47.0. The number of amides is 3. The van der Waals surface area contributed by atoms with E-state index in [9.17, 15) is 24.6 Å². The van der Waals surface area contributed by atoms with Crippen molar-refractivity contribution in [1.29, 1.82) is 0 Å². The molecule has 6 aromatic carbocycles. The van der Waals surface area contributed by atoms with Gasteiger partial charge in [0.25, 0.3) is 0 Å². The lowest BCUT2D eigenvalue weighted by atomic mass is 9.96. The molecule has 1 aliphatic heterocycles. The third kappa shape index (κ3) is 15.0. The Morgan fingerprint density at radius 3 is 2.01 bits per heavy atom. The summed E-state index contributed by atoms with van der Waals surface area (Å²) in [6, 6.07) is 32.6. The number of nitrogen functional groups attached to an aromatic ring is 1. The van der Waals surface area contributed by atoms with Crippen molar-refractivity contribution in [3.05, 3.63) is 155 Å². The summed E-state index contributed by atoms with van der Waals surface area (Å²) in [5.41, 5.74) is 10.9. The van der Waals surface area contributed by atoms with Crippen LogP contribution in [0.4, 0.5) is 26.7 Å². The molecular weight excluding hydrogens is 1080 g/mol. The number of hydrogen-bond donors (Lipinski definition) is 6. The Balaban J connectivity index is 1.51. The highest BCUT2D eigenvalue weighted by Gasteiger charge is 2.39. The first-order valence-corrected chi connectivity index (χ1v) is 28.2. The largest absolute Gasteiger partial charge is 0.497 e. The molecule has 1 atom stereocenters. The number of carboxylic acid groups (broad SMARTS) is 1. The minimum absolute atomic E-state index is 0.00640. The Kier molecular flexibility index (Phi) is 19.7. The maximum Gasteiger partial charge on any atom is 0.407 e. The van der Waals surface area contributed by atoms with E-state index in [4.69, 9.17) is 29.7 Å². The number of rotatable bonds is 24. The number of nitrogens with one attached hydrogen (secondary N) is 3. The fourth-order valence-corrected chi connectivity index (χ4v) is 12.1. The number of hydrogen-bond acceptors (Lipinski definition) is 17. The fourth-order valence-electron chi connectivity index (χ4n) is 8.68. The van der Waals surface area contributed by atoms with Crippen molar-refractivity contribution in [2.75, 3.05) is 58.2 Å². The number of alkyl carbamates (subject to hydrolysis) is 1. The van der Waals surface area contributed by atoms with Gasteiger partial charge in [-0.1, -0.05) is 84.1 Å². The summed E-state index contributed by atoms with van der Waals surface area (Å²) in [7, 11) is -5.79. The lowest BCUT2D eigenvalue weighted by Crippen LogP contribution is -2.48. The molecule has 23 nitrogen and oxygen atoms in total. The van der Waals surface area contributed by atoms with Crippen LogP contribution in [0.5, 0.6) is 17.2 Å². The van der Waals surface area contributed by atoms with Crippen LogP contribution in [0.2, 0.25) is 0 Å². The Morgan fingerprint density at radius 1 is 0.790 bits per heavy atom. The van der Waals surface area contributed by atoms with Gasteiger partial charge in [-0.05, 0) is 97.1 Å². The molecule has 7 rings (SSSR count). The number of anilines is 2. The highest BCUT2D eigenvalue weighted by atomic mass is 32.2. The average molecular weight is 1150 g/mol. The van der Waals surface area contributed by atoms with Gasteiger partial charge in [-0.2, -0.15) is 4.31 Å². The van der Waals surface area contributed by atoms with Crippen molar-refractivity contribution in [2.24, 2.45) is 15.3 Å². The van der Waals surface area contributed by atoms with Crippen molar-refractivity contribution in [3.8, 4) is 28.4 Å². The van der Waals surface area contributed by atoms with Gasteiger partial charge in [0.15, 0.2) is 5.84 Å². The molecule has 7 N–H and O–H groups in total. The molecule has 0 aromatic heterocycles. The van der Waals surface area contributed by atoms with Crippen LogP contribution in [0.15, 0.2) is 153 Å². The minimum Gasteiger partial charge on any atom is -0.497 e. The molecule has 0 aliphatic carbocycles. The molecule has 0 spiro atoms. The number of carbonyl (C=O) groups excluding carboxylic acids is 2. The van der Waals surface area contributed by atoms with Crippen molar-refractivity contribution in [1.82, 2.24) is 24.7 Å². The summed E-state index contributed by atoms with van der Waals surface area (Å²) in [4.78, 5) is 44.0. The van der Waals surface area contributed by atoms with E-state index in [2.05, 4.69) is 25.8 Å². The van der Waals surface area contributed by atoms with Crippen LogP contribution in [0.3, 0.4) is 0 Å². The van der Waals surface area contributed by atoms with Gasteiger partial charge in [0, 0.05) is 44.8 Å². The van der Waals surface area contributed by atoms with Gasteiger partial charge in [-0.15, -0.1) is 5.11 Å². The second-order valence-corrected chi connectivity index (χ2v) is 22.9. The lowest BCUT2D eigenvalue weighted by Gasteiger charge is -2.32. The van der Waals surface area contributed by atoms with E-state index in [-0.39, 0.29) is 66.7 Å². The van der Waals surface area contributed by atoms with Crippen molar-refractivity contribution in [2.45, 2.75) is 68.4 Å². The third-order valence-corrected chi connectivity index (χ3v) is 16.1. The first-order chi connectivity index (χ1) is 38.7. The molecule has 0 saturated carbocycles. The molecule has 81 heavy (non-hydrogen) atoms. The van der Waals surface area contributed by atoms with Crippen molar-refractivity contribution < 1.29 is 60.4 Å². The van der Waals surface area contributed by atoms with Crippen LogP contribution in [-0.4, -0.2) is 120 Å². The topological polar surface area (TPSA) is 306 Å². The number of benzene rings is 6. The Labute approximate surface area is 470 Å². The zero-order valence-electron chi connectivity index (χ0n) is 45.4. The molecule has 6 aromatic rings. The predicted octanol–water partition coefficient (Wildman–Crippen LogP) is 7.21. The normalized spacial score (nSPS) is 13.9. The van der Waals surface area contributed by atoms with Crippen LogP contribution in [-0.2, 0) is 55.8 Å². The zero-order chi connectivity index (χ0) is 58.5. The number of sulfonamides is 2. The number of para-hydroxylation sites is 1. The number of nitrogens with two attached hydrogens (primary N) is 1. The summed E-state index contributed by atoms with van der Waals surface area (Å²) in [5, 5.41) is 32.2. The molecule has 25 heteroatoms. The molecule has 0 unspecified atom stereocenters. The maximum absolute atomic E-state index is 16.5. The van der Waals surface area contributed by atoms with Crippen LogP contribution >= 0.6 is 0 Å². The summed E-state index contributed by atoms with van der Waals surface area (Å²) in [6.45, 7) is 2.47. The number of carbonyl (C=O) groups is 3. The van der Waals surface area contributed by atoms with E-state index in [0.717, 1.165) is 20.2 Å². The second-order valence-electron chi connectivity index (χ2n) is 19.3.